The van der Waals surface area contributed by atoms with Crippen molar-refractivity contribution in [2.75, 3.05) is 0 Å². The van der Waals surface area contributed by atoms with E-state index in [-0.39, 0.29) is 19.4 Å². The summed E-state index contributed by atoms with van der Waals surface area (Å²) in [5.74, 6) is -7.96. The van der Waals surface area contributed by atoms with Crippen LogP contribution in [0.4, 0.5) is 0 Å². The maximum absolute atomic E-state index is 14.0. The largest absolute Gasteiger partial charge is 0.481 e. The van der Waals surface area contributed by atoms with Crippen LogP contribution in [0.2, 0.25) is 0 Å². The number of rotatable bonds is 24. The normalized spacial score (nSPS) is 14.6. The molecular weight excluding hydrogens is 799 g/mol. The fourth-order valence-corrected chi connectivity index (χ4v) is 6.58. The molecule has 0 saturated carbocycles. The number of oxime groups is 1. The van der Waals surface area contributed by atoms with Gasteiger partial charge in [-0.15, -0.1) is 0 Å². The van der Waals surface area contributed by atoms with E-state index in [0.29, 0.717) is 24.0 Å². The van der Waals surface area contributed by atoms with Crippen molar-refractivity contribution in [2.45, 2.75) is 96.6 Å². The van der Waals surface area contributed by atoms with Gasteiger partial charge in [-0.3, -0.25) is 28.8 Å². The lowest BCUT2D eigenvalue weighted by Gasteiger charge is -2.30. The number of amides is 5. The Hall–Kier alpha value is -7.04. The molecular formula is C45H55N7O10. The van der Waals surface area contributed by atoms with Crippen LogP contribution in [0.3, 0.4) is 0 Å². The van der Waals surface area contributed by atoms with Gasteiger partial charge >= 0.3 is 11.9 Å². The third-order valence-electron chi connectivity index (χ3n) is 10.5. The Kier molecular flexibility index (Phi) is 18.2. The zero-order valence-electron chi connectivity index (χ0n) is 35.1. The van der Waals surface area contributed by atoms with E-state index in [1.54, 1.807) is 64.2 Å². The standard InChI is InChI=1S/C45H55N7O10/c1-5-27(3)39(43(58)50-36(45(60)61)22-31-24-46-33-20-14-13-19-32(31)33)52-44(59)40(28(4)6-2)51-42(57)35(23-38(54)55)49-41(56)34(21-29-15-9-7-10-16-29)48-37(53)25-47-62-26-30-17-11-8-12-18-30/h7-20,24-25,27-28,34-36,39-40,46H,5-6,21-23,26H2,1-4H3,(H,48,53)(H,49,56)(H,50,58)(H,51,57)(H,52,59)(H,54,55)(H,60,61)/b47-25+/t27-,28-,34-,35-,36-,39-,40-/m0/s1. The van der Waals surface area contributed by atoms with Crippen molar-refractivity contribution in [1.29, 1.82) is 0 Å². The van der Waals surface area contributed by atoms with E-state index < -0.39 is 89.9 Å². The second-order valence-corrected chi connectivity index (χ2v) is 15.1. The highest BCUT2D eigenvalue weighted by Crippen LogP contribution is 2.20. The van der Waals surface area contributed by atoms with Crippen LogP contribution in [-0.4, -0.2) is 93.1 Å². The van der Waals surface area contributed by atoms with Crippen LogP contribution >= 0.6 is 0 Å². The van der Waals surface area contributed by atoms with E-state index in [2.05, 4.69) is 36.7 Å². The predicted octanol–water partition coefficient (Wildman–Crippen LogP) is 3.23. The lowest BCUT2D eigenvalue weighted by atomic mass is 9.94. The van der Waals surface area contributed by atoms with Gasteiger partial charge in [0.1, 0.15) is 43.0 Å². The average molecular weight is 854 g/mol. The zero-order valence-corrected chi connectivity index (χ0v) is 35.1. The van der Waals surface area contributed by atoms with Gasteiger partial charge in [-0.25, -0.2) is 4.79 Å². The van der Waals surface area contributed by atoms with Crippen LogP contribution in [0.5, 0.6) is 0 Å². The number of carbonyl (C=O) groups is 7. The SMILES string of the molecule is CC[C@H](C)[C@H](NC(=O)[C@H](CC(=O)O)NC(=O)[C@H](Cc1ccccc1)NC(=O)/C=N/OCc1ccccc1)C(=O)N[C@H](C(=O)N[C@@H](Cc1c[nH]c2ccccc12)C(=O)O)[C@@H](C)CC. The number of hydrogen-bond donors (Lipinski definition) is 8. The van der Waals surface area contributed by atoms with Crippen LogP contribution in [0.25, 0.3) is 10.9 Å². The Bertz CT molecular complexity index is 2180. The fraction of sp³-hybridized carbons (Fsp3) is 0.378. The lowest BCUT2D eigenvalue weighted by Crippen LogP contribution is -2.61. The first-order valence-corrected chi connectivity index (χ1v) is 20.4. The van der Waals surface area contributed by atoms with Gasteiger partial charge in [-0.2, -0.15) is 0 Å². The molecule has 330 valence electrons. The first-order chi connectivity index (χ1) is 29.7. The molecule has 8 N–H and O–H groups in total. The van der Waals surface area contributed by atoms with Gasteiger partial charge in [-0.1, -0.05) is 125 Å². The van der Waals surface area contributed by atoms with Gasteiger partial charge in [0.2, 0.25) is 23.6 Å². The molecule has 0 saturated heterocycles. The molecule has 0 spiro atoms. The van der Waals surface area contributed by atoms with Crippen molar-refractivity contribution in [1.82, 2.24) is 31.6 Å². The smallest absolute Gasteiger partial charge is 0.326 e. The third-order valence-corrected chi connectivity index (χ3v) is 10.5. The van der Waals surface area contributed by atoms with Crippen molar-refractivity contribution < 1.29 is 48.6 Å². The van der Waals surface area contributed by atoms with E-state index in [1.165, 1.54) is 0 Å². The molecule has 1 heterocycles. The number of aromatic nitrogens is 1. The van der Waals surface area contributed by atoms with E-state index in [1.807, 2.05) is 54.6 Å². The number of nitrogens with one attached hydrogen (secondary N) is 6. The summed E-state index contributed by atoms with van der Waals surface area (Å²) in [6.07, 6.45) is 2.35. The number of carbonyl (C=O) groups excluding carboxylic acids is 5. The number of para-hydroxylation sites is 1. The molecule has 0 aliphatic rings. The van der Waals surface area contributed by atoms with Crippen LogP contribution in [0, 0.1) is 11.8 Å². The number of carboxylic acid groups (broad SMARTS) is 2. The first kappa shape index (κ1) is 47.6. The first-order valence-electron chi connectivity index (χ1n) is 20.4. The number of carboxylic acids is 2. The highest BCUT2D eigenvalue weighted by atomic mass is 16.6. The van der Waals surface area contributed by atoms with E-state index in [9.17, 15) is 43.8 Å². The number of H-pyrrole nitrogens is 1. The Labute approximate surface area is 359 Å². The molecule has 3 aromatic carbocycles. The Balaban J connectivity index is 1.49. The fourth-order valence-electron chi connectivity index (χ4n) is 6.58. The van der Waals surface area contributed by atoms with Crippen LogP contribution in [0.1, 0.15) is 63.6 Å². The molecule has 4 rings (SSSR count). The highest BCUT2D eigenvalue weighted by molar-refractivity contribution is 6.26. The second-order valence-electron chi connectivity index (χ2n) is 15.1. The summed E-state index contributed by atoms with van der Waals surface area (Å²) < 4.78 is 0. The quantitative estimate of drug-likeness (QED) is 0.0377. The van der Waals surface area contributed by atoms with Gasteiger partial charge < -0.3 is 46.6 Å². The Morgan fingerprint density at radius 1 is 0.645 bits per heavy atom. The predicted molar refractivity (Wildman–Crippen MR) is 230 cm³/mol. The minimum absolute atomic E-state index is 0.0405. The Morgan fingerprint density at radius 3 is 1.77 bits per heavy atom. The third kappa shape index (κ3) is 14.3. The number of aliphatic carboxylic acids is 2. The topological polar surface area (TPSA) is 257 Å². The summed E-state index contributed by atoms with van der Waals surface area (Å²) in [6, 6.07) is 18.2. The molecule has 0 aliphatic carbocycles. The number of nitrogens with zero attached hydrogens (tertiary/aromatic N) is 1. The number of hydrogen-bond acceptors (Lipinski definition) is 9. The van der Waals surface area contributed by atoms with E-state index in [4.69, 9.17) is 4.84 Å². The summed E-state index contributed by atoms with van der Waals surface area (Å²) in [5.41, 5.74) is 2.93. The van der Waals surface area contributed by atoms with Crippen molar-refractivity contribution in [3.8, 4) is 0 Å². The maximum Gasteiger partial charge on any atom is 0.326 e. The summed E-state index contributed by atoms with van der Waals surface area (Å²) in [6.45, 7) is 7.03. The second kappa shape index (κ2) is 23.7. The summed E-state index contributed by atoms with van der Waals surface area (Å²) >= 11 is 0. The van der Waals surface area contributed by atoms with Gasteiger partial charge in [-0.05, 0) is 34.6 Å². The zero-order chi connectivity index (χ0) is 45.2. The van der Waals surface area contributed by atoms with Gasteiger partial charge in [0.05, 0.1) is 6.42 Å². The molecule has 17 heteroatoms. The molecule has 4 aromatic rings. The molecule has 0 unspecified atom stereocenters. The molecule has 5 amide bonds. The summed E-state index contributed by atoms with van der Waals surface area (Å²) in [5, 5.41) is 37.2. The van der Waals surface area contributed by atoms with Gasteiger partial charge in [0, 0.05) is 29.9 Å². The monoisotopic (exact) mass is 853 g/mol. The van der Waals surface area contributed by atoms with Gasteiger partial charge in [0.25, 0.3) is 5.91 Å². The highest BCUT2D eigenvalue weighted by Gasteiger charge is 2.36. The van der Waals surface area contributed by atoms with Gasteiger partial charge in [0.15, 0.2) is 0 Å². The summed E-state index contributed by atoms with van der Waals surface area (Å²) in [7, 11) is 0. The Morgan fingerprint density at radius 2 is 1.18 bits per heavy atom. The number of aromatic amines is 1. The molecule has 7 atom stereocenters. The van der Waals surface area contributed by atoms with Crippen molar-refractivity contribution in [3.63, 3.8) is 0 Å². The minimum Gasteiger partial charge on any atom is -0.481 e. The van der Waals surface area contributed by atoms with Crippen LogP contribution in [-0.2, 0) is 57.8 Å². The van der Waals surface area contributed by atoms with Crippen molar-refractivity contribution in [3.05, 3.63) is 108 Å². The maximum atomic E-state index is 14.0. The molecule has 1 aromatic heterocycles. The minimum atomic E-state index is -1.70. The van der Waals surface area contributed by atoms with Crippen molar-refractivity contribution in [2.24, 2.45) is 17.0 Å². The average Bonchev–Trinajstić information content (AvgIpc) is 3.67. The molecule has 0 fully saturated rings. The number of fused-ring (bicyclic) bond motifs is 1. The van der Waals surface area contributed by atoms with Crippen LogP contribution in [0.15, 0.2) is 96.3 Å². The van der Waals surface area contributed by atoms with E-state index in [0.717, 1.165) is 22.7 Å². The van der Waals surface area contributed by atoms with Crippen LogP contribution < -0.4 is 26.6 Å². The molecule has 62 heavy (non-hydrogen) atoms. The molecule has 0 bridgehead atoms. The molecule has 17 nitrogen and oxygen atoms in total. The molecule has 0 aliphatic heterocycles. The number of benzene rings is 3. The van der Waals surface area contributed by atoms with E-state index >= 15 is 0 Å². The lowest BCUT2D eigenvalue weighted by molar-refractivity contribution is -0.142. The molecule has 0 radical (unpaired) electrons. The van der Waals surface area contributed by atoms with Crippen molar-refractivity contribution >= 4 is 58.6 Å². The summed E-state index contributed by atoms with van der Waals surface area (Å²) in [4.78, 5) is 101.